The van der Waals surface area contributed by atoms with Crippen LogP contribution < -0.4 is 11.1 Å². The Bertz CT molecular complexity index is 948. The van der Waals surface area contributed by atoms with Crippen LogP contribution in [0, 0.1) is 6.92 Å². The van der Waals surface area contributed by atoms with Crippen molar-refractivity contribution in [2.24, 2.45) is 0 Å². The molecule has 118 valence electrons. The van der Waals surface area contributed by atoms with E-state index in [1.54, 1.807) is 6.07 Å². The number of aromatic nitrogens is 4. The highest BCUT2D eigenvalue weighted by Crippen LogP contribution is 2.39. The summed E-state index contributed by atoms with van der Waals surface area (Å²) in [7, 11) is 0. The number of H-pyrrole nitrogens is 1. The van der Waals surface area contributed by atoms with Gasteiger partial charge in [0.2, 0.25) is 0 Å². The Balaban J connectivity index is 1.62. The summed E-state index contributed by atoms with van der Waals surface area (Å²) in [5.74, 6) is 0.925. The Kier molecular flexibility index (Phi) is 3.03. The van der Waals surface area contributed by atoms with E-state index in [1.165, 1.54) is 0 Å². The number of carbonyl (C=O) groups is 1. The zero-order valence-electron chi connectivity index (χ0n) is 12.5. The second kappa shape index (κ2) is 5.08. The van der Waals surface area contributed by atoms with Crippen LogP contribution in [0.5, 0.6) is 0 Å². The molecule has 0 bridgehead atoms. The number of pyridine rings is 1. The number of imidazole rings is 1. The van der Waals surface area contributed by atoms with Gasteiger partial charge in [-0.3, -0.25) is 18.7 Å². The van der Waals surface area contributed by atoms with E-state index >= 15 is 0 Å². The first-order valence-corrected chi connectivity index (χ1v) is 7.43. The van der Waals surface area contributed by atoms with Gasteiger partial charge in [-0.15, -0.1) is 0 Å². The van der Waals surface area contributed by atoms with Gasteiger partial charge in [0.25, 0.3) is 5.91 Å². The first-order chi connectivity index (χ1) is 11.1. The molecule has 23 heavy (non-hydrogen) atoms. The molecule has 3 aromatic heterocycles. The van der Waals surface area contributed by atoms with Crippen molar-refractivity contribution in [2.45, 2.75) is 32.2 Å². The highest BCUT2D eigenvalue weighted by molar-refractivity contribution is 5.95. The number of amides is 1. The summed E-state index contributed by atoms with van der Waals surface area (Å²) >= 11 is 0. The molecule has 1 saturated carbocycles. The number of nitrogens with one attached hydrogen (secondary N) is 2. The van der Waals surface area contributed by atoms with Crippen LogP contribution in [0.3, 0.4) is 0 Å². The molecule has 8 heteroatoms. The Morgan fingerprint density at radius 2 is 2.30 bits per heavy atom. The monoisotopic (exact) mass is 313 g/mol. The Hall–Kier alpha value is -2.90. The van der Waals surface area contributed by atoms with Gasteiger partial charge in [0.1, 0.15) is 5.82 Å². The maximum absolute atomic E-state index is 12.4. The van der Waals surface area contributed by atoms with Crippen LogP contribution in [0.4, 0.5) is 0 Å². The highest BCUT2D eigenvalue weighted by atomic mass is 16.5. The first-order valence-electron chi connectivity index (χ1n) is 7.43. The van der Waals surface area contributed by atoms with Crippen molar-refractivity contribution in [3.8, 4) is 0 Å². The van der Waals surface area contributed by atoms with Crippen LogP contribution in [0.15, 0.2) is 27.6 Å². The van der Waals surface area contributed by atoms with E-state index < -0.39 is 5.76 Å². The second-order valence-electron chi connectivity index (χ2n) is 5.71. The molecule has 2 N–H and O–H groups in total. The van der Waals surface area contributed by atoms with Gasteiger partial charge >= 0.3 is 5.76 Å². The van der Waals surface area contributed by atoms with Crippen molar-refractivity contribution < 1.29 is 9.32 Å². The SMILES string of the molecule is Cc1c(C(=O)NCc2noc(=O)[nH]2)ccc2cnc(C3CC3)n12. The summed E-state index contributed by atoms with van der Waals surface area (Å²) < 4.78 is 6.44. The largest absolute Gasteiger partial charge is 0.438 e. The Labute approximate surface area is 130 Å². The zero-order chi connectivity index (χ0) is 16.0. The van der Waals surface area contributed by atoms with Crippen LogP contribution in [0.2, 0.25) is 0 Å². The van der Waals surface area contributed by atoms with Crippen molar-refractivity contribution in [3.05, 3.63) is 51.8 Å². The molecule has 0 aliphatic heterocycles. The summed E-state index contributed by atoms with van der Waals surface area (Å²) in [4.78, 5) is 30.2. The van der Waals surface area contributed by atoms with E-state index in [-0.39, 0.29) is 18.3 Å². The van der Waals surface area contributed by atoms with Gasteiger partial charge in [-0.25, -0.2) is 9.78 Å². The predicted octanol–water partition coefficient (Wildman–Crippen LogP) is 1.13. The smallest absolute Gasteiger partial charge is 0.345 e. The molecule has 0 aromatic carbocycles. The van der Waals surface area contributed by atoms with E-state index in [4.69, 9.17) is 0 Å². The molecule has 3 heterocycles. The molecular formula is C15H15N5O3. The van der Waals surface area contributed by atoms with Crippen LogP contribution >= 0.6 is 0 Å². The van der Waals surface area contributed by atoms with Gasteiger partial charge in [-0.05, 0) is 31.9 Å². The summed E-state index contributed by atoms with van der Waals surface area (Å²) in [6, 6.07) is 3.67. The average Bonchev–Trinajstić information content (AvgIpc) is 3.15. The molecule has 0 spiro atoms. The van der Waals surface area contributed by atoms with E-state index in [2.05, 4.69) is 25.0 Å². The molecule has 1 aliphatic carbocycles. The molecule has 4 rings (SSSR count). The van der Waals surface area contributed by atoms with Crippen LogP contribution in [-0.2, 0) is 6.54 Å². The molecule has 1 amide bonds. The zero-order valence-corrected chi connectivity index (χ0v) is 12.5. The average molecular weight is 313 g/mol. The topological polar surface area (TPSA) is 105 Å². The molecule has 0 radical (unpaired) electrons. The third-order valence-corrected chi connectivity index (χ3v) is 4.05. The molecule has 0 atom stereocenters. The lowest BCUT2D eigenvalue weighted by Crippen LogP contribution is -2.25. The lowest BCUT2D eigenvalue weighted by molar-refractivity contribution is 0.0948. The number of carbonyl (C=O) groups excluding carboxylic acids is 1. The molecule has 1 fully saturated rings. The first kappa shape index (κ1) is 13.7. The third-order valence-electron chi connectivity index (χ3n) is 4.05. The molecule has 0 saturated heterocycles. The number of nitrogens with zero attached hydrogens (tertiary/aromatic N) is 3. The van der Waals surface area contributed by atoms with E-state index in [9.17, 15) is 9.59 Å². The molecule has 3 aromatic rings. The van der Waals surface area contributed by atoms with Crippen molar-refractivity contribution in [1.82, 2.24) is 24.8 Å². The fourth-order valence-corrected chi connectivity index (χ4v) is 2.74. The molecule has 0 unspecified atom stereocenters. The highest BCUT2D eigenvalue weighted by Gasteiger charge is 2.28. The fraction of sp³-hybridized carbons (Fsp3) is 0.333. The van der Waals surface area contributed by atoms with Crippen molar-refractivity contribution in [1.29, 1.82) is 0 Å². The minimum Gasteiger partial charge on any atom is -0.345 e. The van der Waals surface area contributed by atoms with Gasteiger partial charge in [0.15, 0.2) is 5.82 Å². The number of hydrogen-bond acceptors (Lipinski definition) is 5. The van der Waals surface area contributed by atoms with Crippen LogP contribution in [0.25, 0.3) is 5.52 Å². The summed E-state index contributed by atoms with van der Waals surface area (Å²) in [5.41, 5.74) is 2.41. The van der Waals surface area contributed by atoms with Gasteiger partial charge in [0.05, 0.1) is 23.8 Å². The van der Waals surface area contributed by atoms with E-state index in [1.807, 2.05) is 23.6 Å². The number of aryl methyl sites for hydroxylation is 1. The summed E-state index contributed by atoms with van der Waals surface area (Å²) in [6.45, 7) is 2.01. The second-order valence-corrected chi connectivity index (χ2v) is 5.71. The summed E-state index contributed by atoms with van der Waals surface area (Å²) in [5, 5.41) is 6.24. The maximum Gasteiger partial charge on any atom is 0.438 e. The number of hydrogen-bond donors (Lipinski definition) is 2. The number of fused-ring (bicyclic) bond motifs is 1. The predicted molar refractivity (Wildman–Crippen MR) is 80.2 cm³/mol. The quantitative estimate of drug-likeness (QED) is 0.751. The van der Waals surface area contributed by atoms with Crippen LogP contribution in [-0.4, -0.2) is 25.4 Å². The van der Waals surface area contributed by atoms with Gasteiger partial charge in [-0.2, -0.15) is 0 Å². The Morgan fingerprint density at radius 3 is 3.00 bits per heavy atom. The van der Waals surface area contributed by atoms with Gasteiger partial charge < -0.3 is 5.32 Å². The molecule has 8 nitrogen and oxygen atoms in total. The molecular weight excluding hydrogens is 298 g/mol. The minimum atomic E-state index is -0.640. The number of rotatable bonds is 4. The van der Waals surface area contributed by atoms with Crippen molar-refractivity contribution in [2.75, 3.05) is 0 Å². The lowest BCUT2D eigenvalue weighted by Gasteiger charge is -2.10. The van der Waals surface area contributed by atoms with Crippen molar-refractivity contribution >= 4 is 11.4 Å². The minimum absolute atomic E-state index is 0.0987. The van der Waals surface area contributed by atoms with E-state index in [0.29, 0.717) is 11.5 Å². The summed E-state index contributed by atoms with van der Waals surface area (Å²) in [6.07, 6.45) is 4.13. The van der Waals surface area contributed by atoms with Crippen LogP contribution in [0.1, 0.15) is 46.5 Å². The van der Waals surface area contributed by atoms with Crippen molar-refractivity contribution in [3.63, 3.8) is 0 Å². The standard InChI is InChI=1S/C15H15N5O3/c1-8-11(14(21)17-7-12-18-15(22)23-19-12)5-4-10-6-16-13(20(8)10)9-2-3-9/h4-6,9H,2-3,7H2,1H3,(H,17,21)(H,18,19,22). The number of aromatic amines is 1. The fourth-order valence-electron chi connectivity index (χ4n) is 2.74. The molecule has 1 aliphatic rings. The lowest BCUT2D eigenvalue weighted by atomic mass is 10.1. The van der Waals surface area contributed by atoms with Gasteiger partial charge in [0, 0.05) is 11.6 Å². The van der Waals surface area contributed by atoms with E-state index in [0.717, 1.165) is 29.9 Å². The maximum atomic E-state index is 12.4. The Morgan fingerprint density at radius 1 is 1.48 bits per heavy atom. The normalized spacial score (nSPS) is 14.3. The van der Waals surface area contributed by atoms with Gasteiger partial charge in [-0.1, -0.05) is 5.16 Å². The third kappa shape index (κ3) is 2.41.